The van der Waals surface area contributed by atoms with Crippen LogP contribution in [0.1, 0.15) is 5.56 Å². The molecule has 100 valence electrons. The molecule has 0 amide bonds. The van der Waals surface area contributed by atoms with Gasteiger partial charge in [-0.2, -0.15) is 4.73 Å². The molecule has 0 saturated heterocycles. The molecule has 1 unspecified atom stereocenters. The normalized spacial score (nSPS) is 13.3. The van der Waals surface area contributed by atoms with E-state index in [-0.39, 0.29) is 5.69 Å². The number of anilines is 1. The average Bonchev–Trinajstić information content (AvgIpc) is 2.32. The van der Waals surface area contributed by atoms with E-state index in [0.29, 0.717) is 11.0 Å². The van der Waals surface area contributed by atoms with Crippen molar-refractivity contribution in [1.29, 1.82) is 0 Å². The summed E-state index contributed by atoms with van der Waals surface area (Å²) in [4.78, 5) is 4.34. The largest absolute Gasteiger partial charge is 0.755 e. The van der Waals surface area contributed by atoms with Crippen molar-refractivity contribution in [2.75, 3.05) is 4.72 Å². The minimum Gasteiger partial charge on any atom is -0.755 e. The second-order valence-electron chi connectivity index (χ2n) is 3.91. The Bertz CT molecular complexity index is 682. The molecule has 0 saturated carbocycles. The van der Waals surface area contributed by atoms with Gasteiger partial charge in [0.2, 0.25) is 0 Å². The van der Waals surface area contributed by atoms with Crippen LogP contribution in [0.15, 0.2) is 47.7 Å². The molecule has 1 heterocycles. The van der Waals surface area contributed by atoms with E-state index in [1.807, 2.05) is 31.2 Å². The Kier molecular flexibility index (Phi) is 3.98. The SMILES string of the molecule is Cc1cccc(N=c2ccn(O)cc2NS(=O)[O-])c1. The number of nitrogens with zero attached hydrogens (tertiary/aromatic N) is 2. The summed E-state index contributed by atoms with van der Waals surface area (Å²) in [5.41, 5.74) is 1.95. The Balaban J connectivity index is 2.52. The van der Waals surface area contributed by atoms with Crippen LogP contribution in [-0.4, -0.2) is 18.7 Å². The zero-order valence-electron chi connectivity index (χ0n) is 10.1. The van der Waals surface area contributed by atoms with Crippen LogP contribution in [-0.2, 0) is 11.3 Å². The zero-order chi connectivity index (χ0) is 13.8. The topological polar surface area (TPSA) is 89.7 Å². The molecule has 1 aromatic heterocycles. The van der Waals surface area contributed by atoms with Crippen LogP contribution in [0.5, 0.6) is 0 Å². The van der Waals surface area contributed by atoms with Crippen LogP contribution in [0.2, 0.25) is 0 Å². The lowest BCUT2D eigenvalue weighted by molar-refractivity contribution is 0.184. The fraction of sp³-hybridized carbons (Fsp3) is 0.0833. The highest BCUT2D eigenvalue weighted by molar-refractivity contribution is 7.80. The summed E-state index contributed by atoms with van der Waals surface area (Å²) >= 11 is -2.48. The highest BCUT2D eigenvalue weighted by atomic mass is 32.2. The summed E-state index contributed by atoms with van der Waals surface area (Å²) in [6.45, 7) is 1.94. The lowest BCUT2D eigenvalue weighted by Gasteiger charge is -2.09. The van der Waals surface area contributed by atoms with Crippen molar-refractivity contribution in [2.24, 2.45) is 4.99 Å². The summed E-state index contributed by atoms with van der Waals surface area (Å²) in [5.74, 6) is 0. The number of rotatable bonds is 3. The number of aryl methyl sites for hydroxylation is 1. The third kappa shape index (κ3) is 3.67. The fourth-order valence-corrected chi connectivity index (χ4v) is 1.92. The van der Waals surface area contributed by atoms with Crippen molar-refractivity contribution in [2.45, 2.75) is 6.92 Å². The minimum absolute atomic E-state index is 0.194. The minimum atomic E-state index is -2.48. The molecule has 1 atom stereocenters. The van der Waals surface area contributed by atoms with Gasteiger partial charge in [0.1, 0.15) is 0 Å². The van der Waals surface area contributed by atoms with E-state index in [4.69, 9.17) is 0 Å². The summed E-state index contributed by atoms with van der Waals surface area (Å²) in [5, 5.41) is 9.71. The Morgan fingerprint density at radius 2 is 2.21 bits per heavy atom. The van der Waals surface area contributed by atoms with Crippen LogP contribution in [0.4, 0.5) is 11.4 Å². The van der Waals surface area contributed by atoms with E-state index in [2.05, 4.69) is 9.71 Å². The van der Waals surface area contributed by atoms with Crippen LogP contribution in [0.3, 0.4) is 0 Å². The first-order valence-electron chi connectivity index (χ1n) is 5.43. The molecule has 0 aliphatic heterocycles. The third-order valence-electron chi connectivity index (χ3n) is 2.37. The van der Waals surface area contributed by atoms with E-state index in [1.54, 1.807) is 0 Å². The van der Waals surface area contributed by atoms with Gasteiger partial charge < -0.3 is 14.5 Å². The van der Waals surface area contributed by atoms with E-state index < -0.39 is 11.3 Å². The second-order valence-corrected chi connectivity index (χ2v) is 4.58. The Morgan fingerprint density at radius 1 is 1.42 bits per heavy atom. The highest BCUT2D eigenvalue weighted by Gasteiger charge is 1.98. The zero-order valence-corrected chi connectivity index (χ0v) is 10.9. The van der Waals surface area contributed by atoms with Crippen LogP contribution in [0.25, 0.3) is 0 Å². The standard InChI is InChI=1S/C12H13N3O3S/c1-9-3-2-4-10(7-9)13-11-5-6-15(16)8-12(11)14-19(17)18/h2-8,14,16H,1H3,(H,17,18)/p-1. The molecule has 6 nitrogen and oxygen atoms in total. The first kappa shape index (κ1) is 13.3. The van der Waals surface area contributed by atoms with Crippen LogP contribution >= 0.6 is 0 Å². The van der Waals surface area contributed by atoms with E-state index in [1.165, 1.54) is 18.5 Å². The number of hydrogen-bond acceptors (Lipinski definition) is 4. The molecule has 0 aliphatic carbocycles. The van der Waals surface area contributed by atoms with Gasteiger partial charge in [-0.25, -0.2) is 4.99 Å². The molecular formula is C12H12N3O3S-. The molecule has 7 heteroatoms. The molecular weight excluding hydrogens is 266 g/mol. The number of nitrogens with one attached hydrogen (secondary N) is 1. The monoisotopic (exact) mass is 278 g/mol. The van der Waals surface area contributed by atoms with Gasteiger partial charge in [0.05, 0.1) is 22.9 Å². The predicted molar refractivity (Wildman–Crippen MR) is 70.6 cm³/mol. The molecule has 2 rings (SSSR count). The molecule has 1 aromatic carbocycles. The van der Waals surface area contributed by atoms with E-state index in [9.17, 15) is 14.0 Å². The number of hydrogen-bond donors (Lipinski definition) is 2. The molecule has 2 N–H and O–H groups in total. The van der Waals surface area contributed by atoms with Gasteiger partial charge in [-0.1, -0.05) is 12.1 Å². The maximum absolute atomic E-state index is 10.7. The van der Waals surface area contributed by atoms with E-state index >= 15 is 0 Å². The molecule has 2 aromatic rings. The maximum atomic E-state index is 10.7. The van der Waals surface area contributed by atoms with Crippen LogP contribution < -0.4 is 10.1 Å². The lowest BCUT2D eigenvalue weighted by atomic mass is 10.2. The van der Waals surface area contributed by atoms with Crippen molar-refractivity contribution in [1.82, 2.24) is 4.73 Å². The average molecular weight is 278 g/mol. The van der Waals surface area contributed by atoms with Crippen molar-refractivity contribution in [3.63, 3.8) is 0 Å². The second kappa shape index (κ2) is 5.68. The van der Waals surface area contributed by atoms with Crippen molar-refractivity contribution >= 4 is 22.6 Å². The summed E-state index contributed by atoms with van der Waals surface area (Å²) < 4.78 is 24.3. The number of aromatic nitrogens is 1. The van der Waals surface area contributed by atoms with Gasteiger partial charge in [-0.15, -0.1) is 0 Å². The van der Waals surface area contributed by atoms with Gasteiger partial charge in [0, 0.05) is 17.5 Å². The molecule has 0 bridgehead atoms. The number of benzene rings is 1. The lowest BCUT2D eigenvalue weighted by Crippen LogP contribution is -2.15. The molecule has 0 aliphatic rings. The summed E-state index contributed by atoms with van der Waals surface area (Å²) in [7, 11) is 0. The summed E-state index contributed by atoms with van der Waals surface area (Å²) in [6.07, 6.45) is 2.60. The quantitative estimate of drug-likeness (QED) is 0.658. The Labute approximate surface area is 112 Å². The fourth-order valence-electron chi connectivity index (χ4n) is 1.58. The molecule has 0 radical (unpaired) electrons. The van der Waals surface area contributed by atoms with Gasteiger partial charge in [-0.3, -0.25) is 4.21 Å². The first-order chi connectivity index (χ1) is 9.04. The number of pyridine rings is 1. The van der Waals surface area contributed by atoms with Crippen molar-refractivity contribution in [3.8, 4) is 0 Å². The molecule has 19 heavy (non-hydrogen) atoms. The van der Waals surface area contributed by atoms with Gasteiger partial charge in [0.25, 0.3) is 0 Å². The van der Waals surface area contributed by atoms with Crippen LogP contribution in [0, 0.1) is 6.92 Å². The van der Waals surface area contributed by atoms with Gasteiger partial charge in [0.15, 0.2) is 0 Å². The Hall–Kier alpha value is -2.12. The van der Waals surface area contributed by atoms with Gasteiger partial charge >= 0.3 is 0 Å². The first-order valence-corrected chi connectivity index (χ1v) is 6.51. The predicted octanol–water partition coefficient (Wildman–Crippen LogP) is 1.47. The smallest absolute Gasteiger partial charge is 0.0911 e. The maximum Gasteiger partial charge on any atom is 0.0911 e. The van der Waals surface area contributed by atoms with E-state index in [0.717, 1.165) is 10.3 Å². The Morgan fingerprint density at radius 3 is 2.89 bits per heavy atom. The van der Waals surface area contributed by atoms with Crippen molar-refractivity contribution in [3.05, 3.63) is 53.6 Å². The molecule has 0 spiro atoms. The summed E-state index contributed by atoms with van der Waals surface area (Å²) in [6, 6.07) is 9.00. The highest BCUT2D eigenvalue weighted by Crippen LogP contribution is 2.13. The third-order valence-corrected chi connectivity index (χ3v) is 2.75. The van der Waals surface area contributed by atoms with Crippen molar-refractivity contribution < 1.29 is 14.0 Å². The molecule has 0 fully saturated rings. The van der Waals surface area contributed by atoms with Gasteiger partial charge in [-0.05, 0) is 30.7 Å².